The first-order valence-electron chi connectivity index (χ1n) is 10.5. The highest BCUT2D eigenvalue weighted by Crippen LogP contribution is 2.40. The van der Waals surface area contributed by atoms with Gasteiger partial charge in [0.15, 0.2) is 5.96 Å². The molecule has 0 bridgehead atoms. The van der Waals surface area contributed by atoms with Crippen molar-refractivity contribution in [3.8, 4) is 0 Å². The van der Waals surface area contributed by atoms with Gasteiger partial charge in [0, 0.05) is 44.9 Å². The number of ether oxygens (including phenoxy) is 2. The van der Waals surface area contributed by atoms with Gasteiger partial charge >= 0.3 is 0 Å². The number of rotatable bonds is 11. The van der Waals surface area contributed by atoms with Crippen molar-refractivity contribution in [1.82, 2.24) is 10.6 Å². The summed E-state index contributed by atoms with van der Waals surface area (Å²) in [6, 6.07) is 0. The number of nitrogens with zero attached hydrogens (tertiary/aromatic N) is 1. The number of hydrogen-bond donors (Lipinski definition) is 3. The molecule has 2 aliphatic rings. The van der Waals surface area contributed by atoms with Gasteiger partial charge in [0.25, 0.3) is 0 Å². The number of aliphatic hydroxyl groups is 1. The third-order valence-corrected chi connectivity index (χ3v) is 6.02. The Morgan fingerprint density at radius 1 is 1.11 bits per heavy atom. The lowest BCUT2D eigenvalue weighted by Crippen LogP contribution is -2.44. The second-order valence-corrected chi connectivity index (χ2v) is 7.98. The van der Waals surface area contributed by atoms with Crippen LogP contribution in [0.25, 0.3) is 0 Å². The van der Waals surface area contributed by atoms with E-state index in [2.05, 4.69) is 24.5 Å². The molecule has 1 unspecified atom stereocenters. The molecule has 6 nitrogen and oxygen atoms in total. The van der Waals surface area contributed by atoms with Crippen LogP contribution in [0, 0.1) is 10.8 Å². The maximum Gasteiger partial charge on any atom is 0.191 e. The van der Waals surface area contributed by atoms with Crippen molar-refractivity contribution in [1.29, 1.82) is 0 Å². The van der Waals surface area contributed by atoms with Crippen LogP contribution in [0.1, 0.15) is 58.8 Å². The molecular weight excluding hydrogens is 457 g/mol. The average Bonchev–Trinajstić information content (AvgIpc) is 3.29. The van der Waals surface area contributed by atoms with Gasteiger partial charge in [-0.25, -0.2) is 0 Å². The molecule has 7 heteroatoms. The quantitative estimate of drug-likeness (QED) is 0.177. The number of aliphatic hydroxyl groups excluding tert-OH is 1. The van der Waals surface area contributed by atoms with Crippen molar-refractivity contribution in [2.24, 2.45) is 15.8 Å². The summed E-state index contributed by atoms with van der Waals surface area (Å²) in [7, 11) is 0. The zero-order chi connectivity index (χ0) is 18.7. The highest BCUT2D eigenvalue weighted by Gasteiger charge is 2.35. The fourth-order valence-electron chi connectivity index (χ4n) is 4.22. The second kappa shape index (κ2) is 13.2. The number of nitrogens with one attached hydrogen (secondary N) is 2. The molecule has 1 atom stereocenters. The molecule has 0 radical (unpaired) electrons. The minimum absolute atomic E-state index is 0. The van der Waals surface area contributed by atoms with Crippen molar-refractivity contribution >= 4 is 29.9 Å². The van der Waals surface area contributed by atoms with Crippen LogP contribution in [-0.2, 0) is 9.47 Å². The third kappa shape index (κ3) is 8.03. The van der Waals surface area contributed by atoms with Crippen LogP contribution in [-0.4, -0.2) is 63.7 Å². The van der Waals surface area contributed by atoms with Gasteiger partial charge in [0.1, 0.15) is 0 Å². The molecule has 1 aliphatic carbocycles. The van der Waals surface area contributed by atoms with Crippen LogP contribution in [0.3, 0.4) is 0 Å². The summed E-state index contributed by atoms with van der Waals surface area (Å²) in [5.74, 6) is 0.888. The van der Waals surface area contributed by atoms with E-state index in [4.69, 9.17) is 14.5 Å². The smallest absolute Gasteiger partial charge is 0.191 e. The molecule has 2 fully saturated rings. The van der Waals surface area contributed by atoms with Gasteiger partial charge < -0.3 is 25.2 Å². The van der Waals surface area contributed by atoms with E-state index in [0.29, 0.717) is 18.6 Å². The second-order valence-electron chi connectivity index (χ2n) is 7.98. The summed E-state index contributed by atoms with van der Waals surface area (Å²) in [4.78, 5) is 4.85. The number of aliphatic imine (C=N–C) groups is 1. The number of halogens is 1. The number of hydrogen-bond acceptors (Lipinski definition) is 4. The van der Waals surface area contributed by atoms with E-state index in [-0.39, 0.29) is 36.0 Å². The Kier molecular flexibility index (Phi) is 12.2. The van der Waals surface area contributed by atoms with Crippen molar-refractivity contribution in [3.63, 3.8) is 0 Å². The van der Waals surface area contributed by atoms with E-state index in [1.165, 1.54) is 25.7 Å². The molecule has 0 spiro atoms. The standard InChI is InChI=1S/C20H39N3O3.HI/c1-3-21-18(23-16-20(9-12-24)11-14-26-17-20)22-15-19(7-5-6-8-19)10-13-25-4-2;/h24H,3-17H2,1-2H3,(H2,21,22,23);1H. The predicted molar refractivity (Wildman–Crippen MR) is 121 cm³/mol. The number of guanidine groups is 1. The van der Waals surface area contributed by atoms with Gasteiger partial charge in [-0.15, -0.1) is 24.0 Å². The van der Waals surface area contributed by atoms with Gasteiger partial charge in [-0.1, -0.05) is 12.8 Å². The summed E-state index contributed by atoms with van der Waals surface area (Å²) in [5, 5.41) is 16.4. The molecule has 2 rings (SSSR count). The highest BCUT2D eigenvalue weighted by molar-refractivity contribution is 14.0. The topological polar surface area (TPSA) is 75.1 Å². The van der Waals surface area contributed by atoms with E-state index in [0.717, 1.165) is 58.1 Å². The molecule has 0 aromatic carbocycles. The minimum atomic E-state index is -0.00286. The summed E-state index contributed by atoms with van der Waals surface area (Å²) >= 11 is 0. The summed E-state index contributed by atoms with van der Waals surface area (Å²) < 4.78 is 11.2. The first kappa shape index (κ1) is 24.9. The average molecular weight is 497 g/mol. The maximum atomic E-state index is 9.40. The van der Waals surface area contributed by atoms with Gasteiger partial charge in [0.2, 0.25) is 0 Å². The molecular formula is C20H40IN3O3. The fraction of sp³-hybridized carbons (Fsp3) is 0.950. The van der Waals surface area contributed by atoms with Crippen molar-refractivity contribution in [3.05, 3.63) is 0 Å². The Labute approximate surface area is 182 Å². The van der Waals surface area contributed by atoms with Crippen LogP contribution < -0.4 is 10.6 Å². The molecule has 1 aliphatic heterocycles. The SMILES string of the molecule is CCNC(=NCC1(CCO)CCOC1)NCC1(CCOCC)CCCC1.I. The molecule has 1 heterocycles. The van der Waals surface area contributed by atoms with Crippen LogP contribution in [0.2, 0.25) is 0 Å². The Hall–Kier alpha value is -0.120. The lowest BCUT2D eigenvalue weighted by atomic mass is 9.83. The Bertz CT molecular complexity index is 423. The van der Waals surface area contributed by atoms with E-state index >= 15 is 0 Å². The lowest BCUT2D eigenvalue weighted by Gasteiger charge is -2.30. The van der Waals surface area contributed by atoms with Crippen LogP contribution >= 0.6 is 24.0 Å². The maximum absolute atomic E-state index is 9.40. The molecule has 3 N–H and O–H groups in total. The minimum Gasteiger partial charge on any atom is -0.396 e. The van der Waals surface area contributed by atoms with Crippen molar-refractivity contribution < 1.29 is 14.6 Å². The fourth-order valence-corrected chi connectivity index (χ4v) is 4.22. The van der Waals surface area contributed by atoms with Gasteiger partial charge in [-0.3, -0.25) is 4.99 Å². The largest absolute Gasteiger partial charge is 0.396 e. The van der Waals surface area contributed by atoms with Crippen LogP contribution in [0.5, 0.6) is 0 Å². The predicted octanol–water partition coefficient (Wildman–Crippen LogP) is 2.94. The zero-order valence-electron chi connectivity index (χ0n) is 17.2. The Morgan fingerprint density at radius 2 is 1.89 bits per heavy atom. The van der Waals surface area contributed by atoms with Crippen LogP contribution in [0.15, 0.2) is 4.99 Å². The van der Waals surface area contributed by atoms with E-state index in [1.54, 1.807) is 0 Å². The molecule has 0 amide bonds. The molecule has 1 saturated heterocycles. The van der Waals surface area contributed by atoms with Crippen LogP contribution in [0.4, 0.5) is 0 Å². The first-order valence-corrected chi connectivity index (χ1v) is 10.5. The van der Waals surface area contributed by atoms with Crippen molar-refractivity contribution in [2.45, 2.75) is 58.8 Å². The molecule has 0 aromatic heterocycles. The van der Waals surface area contributed by atoms with E-state index in [1.807, 2.05) is 0 Å². The summed E-state index contributed by atoms with van der Waals surface area (Å²) in [6.45, 7) is 9.99. The third-order valence-electron chi connectivity index (χ3n) is 6.02. The highest BCUT2D eigenvalue weighted by atomic mass is 127. The van der Waals surface area contributed by atoms with E-state index < -0.39 is 0 Å². The summed E-state index contributed by atoms with van der Waals surface area (Å²) in [5.41, 5.74) is 0.335. The molecule has 1 saturated carbocycles. The Morgan fingerprint density at radius 3 is 2.48 bits per heavy atom. The summed E-state index contributed by atoms with van der Waals surface area (Å²) in [6.07, 6.45) is 8.04. The normalized spacial score (nSPS) is 24.6. The Balaban J connectivity index is 0.00000364. The molecule has 0 aromatic rings. The first-order chi connectivity index (χ1) is 12.7. The lowest BCUT2D eigenvalue weighted by molar-refractivity contribution is 0.105. The van der Waals surface area contributed by atoms with Crippen molar-refractivity contribution in [2.75, 3.05) is 52.7 Å². The molecule has 160 valence electrons. The van der Waals surface area contributed by atoms with Gasteiger partial charge in [0.05, 0.1) is 13.2 Å². The van der Waals surface area contributed by atoms with Gasteiger partial charge in [-0.05, 0) is 51.4 Å². The molecule has 27 heavy (non-hydrogen) atoms. The zero-order valence-corrected chi connectivity index (χ0v) is 19.6. The van der Waals surface area contributed by atoms with Gasteiger partial charge in [-0.2, -0.15) is 0 Å². The van der Waals surface area contributed by atoms with E-state index in [9.17, 15) is 5.11 Å². The monoisotopic (exact) mass is 497 g/mol.